The average molecular weight is 279 g/mol. The second-order valence-electron chi connectivity index (χ2n) is 5.44. The van der Waals surface area contributed by atoms with Crippen LogP contribution in [0.2, 0.25) is 0 Å². The lowest BCUT2D eigenvalue weighted by molar-refractivity contribution is -0.150. The maximum atomic E-state index is 12.3. The third kappa shape index (κ3) is 2.33. The van der Waals surface area contributed by atoms with Crippen molar-refractivity contribution in [2.24, 2.45) is 11.3 Å². The molecular weight excluding hydrogens is 262 g/mol. The molecule has 2 heterocycles. The Bertz CT molecular complexity index is 571. The largest absolute Gasteiger partial charge is 0.481 e. The fraction of sp³-hybridized carbons (Fsp3) is 0.500. The number of hydrogen-bond donors (Lipinski definition) is 1. The molecule has 108 valence electrons. The van der Waals surface area contributed by atoms with Crippen LogP contribution in [-0.4, -0.2) is 35.0 Å². The lowest BCUT2D eigenvalue weighted by Gasteiger charge is -2.28. The Morgan fingerprint density at radius 1 is 1.40 bits per heavy atom. The zero-order valence-corrected chi connectivity index (χ0v) is 11.5. The van der Waals surface area contributed by atoms with Gasteiger partial charge in [0.2, 0.25) is 0 Å². The third-order valence-corrected chi connectivity index (χ3v) is 4.07. The number of hydrogen-bond acceptors (Lipinski definition) is 4. The fourth-order valence-corrected chi connectivity index (χ4v) is 2.56. The van der Waals surface area contributed by atoms with Crippen molar-refractivity contribution in [3.8, 4) is 0 Å². The van der Waals surface area contributed by atoms with Crippen molar-refractivity contribution in [2.75, 3.05) is 13.1 Å². The minimum absolute atomic E-state index is 0.0634. The number of rotatable bonds is 3. The zero-order valence-electron chi connectivity index (χ0n) is 11.5. The van der Waals surface area contributed by atoms with Gasteiger partial charge in [-0.3, -0.25) is 9.59 Å². The second kappa shape index (κ2) is 5.11. The SMILES string of the molecule is CC(C)C1(C(=O)O)CCN(C(=O)c2ccc(=O)oc2)C1. The quantitative estimate of drug-likeness (QED) is 0.898. The monoisotopic (exact) mass is 279 g/mol. The van der Waals surface area contributed by atoms with Crippen molar-refractivity contribution in [2.45, 2.75) is 20.3 Å². The topological polar surface area (TPSA) is 87.8 Å². The van der Waals surface area contributed by atoms with Gasteiger partial charge < -0.3 is 14.4 Å². The summed E-state index contributed by atoms with van der Waals surface area (Å²) in [6.45, 7) is 4.27. The van der Waals surface area contributed by atoms with Crippen LogP contribution in [0.3, 0.4) is 0 Å². The highest BCUT2D eigenvalue weighted by Gasteiger charge is 2.48. The molecule has 0 aromatic carbocycles. The molecule has 0 radical (unpaired) electrons. The lowest BCUT2D eigenvalue weighted by Crippen LogP contribution is -2.40. The van der Waals surface area contributed by atoms with Gasteiger partial charge in [0.15, 0.2) is 0 Å². The molecule has 1 aromatic rings. The molecule has 1 N–H and O–H groups in total. The van der Waals surface area contributed by atoms with Crippen LogP contribution in [0, 0.1) is 11.3 Å². The fourth-order valence-electron chi connectivity index (χ4n) is 2.56. The molecule has 1 aromatic heterocycles. The van der Waals surface area contributed by atoms with Gasteiger partial charge in [-0.15, -0.1) is 0 Å². The van der Waals surface area contributed by atoms with Gasteiger partial charge in [0, 0.05) is 19.2 Å². The van der Waals surface area contributed by atoms with Gasteiger partial charge >= 0.3 is 11.6 Å². The van der Waals surface area contributed by atoms with Crippen molar-refractivity contribution in [1.29, 1.82) is 0 Å². The summed E-state index contributed by atoms with van der Waals surface area (Å²) < 4.78 is 4.67. The van der Waals surface area contributed by atoms with E-state index in [-0.39, 0.29) is 23.9 Å². The Hall–Kier alpha value is -2.11. The Kier molecular flexibility index (Phi) is 3.65. The van der Waals surface area contributed by atoms with E-state index in [2.05, 4.69) is 4.42 Å². The zero-order chi connectivity index (χ0) is 14.9. The number of carboxylic acid groups (broad SMARTS) is 1. The van der Waals surface area contributed by atoms with Crippen LogP contribution in [-0.2, 0) is 4.79 Å². The number of carboxylic acids is 1. The number of amides is 1. The predicted molar refractivity (Wildman–Crippen MR) is 70.4 cm³/mol. The predicted octanol–water partition coefficient (Wildman–Crippen LogP) is 1.21. The molecule has 20 heavy (non-hydrogen) atoms. The summed E-state index contributed by atoms with van der Waals surface area (Å²) in [6.07, 6.45) is 1.54. The summed E-state index contributed by atoms with van der Waals surface area (Å²) >= 11 is 0. The first-order valence-corrected chi connectivity index (χ1v) is 6.48. The molecule has 1 fully saturated rings. The van der Waals surface area contributed by atoms with Crippen molar-refractivity contribution < 1.29 is 19.1 Å². The van der Waals surface area contributed by atoms with Crippen LogP contribution < -0.4 is 5.63 Å². The average Bonchev–Trinajstić information content (AvgIpc) is 2.85. The molecule has 0 spiro atoms. The maximum Gasteiger partial charge on any atom is 0.335 e. The molecule has 1 aliphatic heterocycles. The summed E-state index contributed by atoms with van der Waals surface area (Å²) in [5.41, 5.74) is -1.16. The van der Waals surface area contributed by atoms with Crippen LogP contribution in [0.5, 0.6) is 0 Å². The summed E-state index contributed by atoms with van der Waals surface area (Å²) in [5.74, 6) is -1.24. The highest BCUT2D eigenvalue weighted by Crippen LogP contribution is 2.38. The summed E-state index contributed by atoms with van der Waals surface area (Å²) in [5, 5.41) is 9.44. The first-order valence-electron chi connectivity index (χ1n) is 6.48. The number of nitrogens with zero attached hydrogens (tertiary/aromatic N) is 1. The summed E-state index contributed by atoms with van der Waals surface area (Å²) in [7, 11) is 0. The Morgan fingerprint density at radius 3 is 2.55 bits per heavy atom. The van der Waals surface area contributed by atoms with Crippen LogP contribution >= 0.6 is 0 Å². The van der Waals surface area contributed by atoms with Gasteiger partial charge in [0.25, 0.3) is 5.91 Å². The van der Waals surface area contributed by atoms with Gasteiger partial charge in [0.05, 0.1) is 11.0 Å². The number of likely N-dealkylation sites (tertiary alicyclic amines) is 1. The van der Waals surface area contributed by atoms with Gasteiger partial charge in [-0.05, 0) is 18.4 Å². The molecule has 0 saturated carbocycles. The van der Waals surface area contributed by atoms with E-state index in [4.69, 9.17) is 0 Å². The number of carbonyl (C=O) groups is 2. The van der Waals surface area contributed by atoms with E-state index in [1.165, 1.54) is 17.0 Å². The van der Waals surface area contributed by atoms with E-state index in [1.54, 1.807) is 0 Å². The van der Waals surface area contributed by atoms with E-state index in [0.29, 0.717) is 13.0 Å². The van der Waals surface area contributed by atoms with Crippen LogP contribution in [0.25, 0.3) is 0 Å². The van der Waals surface area contributed by atoms with Crippen molar-refractivity contribution in [1.82, 2.24) is 4.90 Å². The van der Waals surface area contributed by atoms with E-state index in [1.807, 2.05) is 13.8 Å². The molecule has 0 bridgehead atoms. The normalized spacial score (nSPS) is 22.2. The minimum Gasteiger partial charge on any atom is -0.481 e. The van der Waals surface area contributed by atoms with Crippen molar-refractivity contribution >= 4 is 11.9 Å². The molecule has 2 rings (SSSR count). The number of aliphatic carboxylic acids is 1. The van der Waals surface area contributed by atoms with Gasteiger partial charge in [-0.2, -0.15) is 0 Å². The molecule has 6 heteroatoms. The Morgan fingerprint density at radius 2 is 2.10 bits per heavy atom. The second-order valence-corrected chi connectivity index (χ2v) is 5.44. The van der Waals surface area contributed by atoms with Gasteiger partial charge in [0.1, 0.15) is 6.26 Å². The van der Waals surface area contributed by atoms with Gasteiger partial charge in [-0.1, -0.05) is 13.8 Å². The highest BCUT2D eigenvalue weighted by molar-refractivity contribution is 5.94. The molecular formula is C14H17NO5. The smallest absolute Gasteiger partial charge is 0.335 e. The molecule has 1 unspecified atom stereocenters. The molecule has 1 amide bonds. The van der Waals surface area contributed by atoms with Crippen molar-refractivity contribution in [3.05, 3.63) is 34.4 Å². The molecule has 1 aliphatic rings. The molecule has 6 nitrogen and oxygen atoms in total. The Balaban J connectivity index is 2.20. The van der Waals surface area contributed by atoms with Crippen LogP contribution in [0.4, 0.5) is 0 Å². The summed E-state index contributed by atoms with van der Waals surface area (Å²) in [4.78, 5) is 36.2. The third-order valence-electron chi connectivity index (χ3n) is 4.07. The maximum absolute atomic E-state index is 12.3. The standard InChI is InChI=1S/C14H17NO5/c1-9(2)14(13(18)19)5-6-15(8-14)12(17)10-3-4-11(16)20-7-10/h3-4,7,9H,5-6,8H2,1-2H3,(H,18,19). The first-order chi connectivity index (χ1) is 9.36. The van der Waals surface area contributed by atoms with Crippen LogP contribution in [0.15, 0.2) is 27.6 Å². The van der Waals surface area contributed by atoms with E-state index < -0.39 is 17.0 Å². The van der Waals surface area contributed by atoms with Gasteiger partial charge in [-0.25, -0.2) is 4.79 Å². The first kappa shape index (κ1) is 14.3. The number of carbonyl (C=O) groups excluding carboxylic acids is 1. The van der Waals surface area contributed by atoms with E-state index in [0.717, 1.165) is 6.26 Å². The summed E-state index contributed by atoms with van der Waals surface area (Å²) in [6, 6.07) is 2.57. The Labute approximate surface area is 116 Å². The van der Waals surface area contributed by atoms with Crippen molar-refractivity contribution in [3.63, 3.8) is 0 Å². The van der Waals surface area contributed by atoms with E-state index in [9.17, 15) is 19.5 Å². The molecule has 0 aliphatic carbocycles. The minimum atomic E-state index is -0.898. The molecule has 1 saturated heterocycles. The lowest BCUT2D eigenvalue weighted by atomic mass is 9.76. The highest BCUT2D eigenvalue weighted by atomic mass is 16.4. The van der Waals surface area contributed by atoms with E-state index >= 15 is 0 Å². The van der Waals surface area contributed by atoms with Crippen LogP contribution in [0.1, 0.15) is 30.6 Å². The molecule has 1 atom stereocenters.